The molecule has 0 heteroatoms. The van der Waals surface area contributed by atoms with Gasteiger partial charge in [0.15, 0.2) is 0 Å². The first-order valence-corrected chi connectivity index (χ1v) is 6.56. The zero-order valence-corrected chi connectivity index (χ0v) is 10.7. The summed E-state index contributed by atoms with van der Waals surface area (Å²) in [6, 6.07) is 0. The van der Waals surface area contributed by atoms with Gasteiger partial charge in [-0.3, -0.25) is 0 Å². The molecule has 5 atom stereocenters. The Kier molecular flexibility index (Phi) is 4.47. The quantitative estimate of drug-likeness (QED) is 0.609. The molecule has 0 bridgehead atoms. The fraction of sp³-hybridized carbons (Fsp3) is 1.00. The third-order valence-corrected chi connectivity index (χ3v) is 4.50. The second kappa shape index (κ2) is 5.19. The third-order valence-electron chi connectivity index (χ3n) is 4.50. The minimum Gasteiger partial charge on any atom is -0.0654 e. The molecule has 0 spiro atoms. The predicted octanol–water partition coefficient (Wildman–Crippen LogP) is 4.74. The highest BCUT2D eigenvalue weighted by molar-refractivity contribution is 4.83. The average molecular weight is 196 g/mol. The van der Waals surface area contributed by atoms with Crippen molar-refractivity contribution in [3.8, 4) is 0 Å². The van der Waals surface area contributed by atoms with Crippen LogP contribution in [0.15, 0.2) is 0 Å². The van der Waals surface area contributed by atoms with E-state index in [2.05, 4.69) is 34.6 Å². The molecule has 0 aromatic carbocycles. The summed E-state index contributed by atoms with van der Waals surface area (Å²) in [5, 5.41) is 0. The van der Waals surface area contributed by atoms with Crippen LogP contribution in [-0.4, -0.2) is 0 Å². The van der Waals surface area contributed by atoms with E-state index in [1.165, 1.54) is 25.7 Å². The van der Waals surface area contributed by atoms with Crippen LogP contribution in [0.3, 0.4) is 0 Å². The van der Waals surface area contributed by atoms with E-state index in [-0.39, 0.29) is 0 Å². The highest BCUT2D eigenvalue weighted by Crippen LogP contribution is 2.43. The number of rotatable bonds is 4. The van der Waals surface area contributed by atoms with Crippen molar-refractivity contribution in [2.24, 2.45) is 29.6 Å². The van der Waals surface area contributed by atoms with Gasteiger partial charge in [0.2, 0.25) is 0 Å². The van der Waals surface area contributed by atoms with Crippen molar-refractivity contribution in [3.63, 3.8) is 0 Å². The van der Waals surface area contributed by atoms with Crippen molar-refractivity contribution in [1.29, 1.82) is 0 Å². The first-order valence-electron chi connectivity index (χ1n) is 6.56. The Labute approximate surface area is 90.5 Å². The van der Waals surface area contributed by atoms with Gasteiger partial charge in [0.05, 0.1) is 0 Å². The number of hydrogen-bond donors (Lipinski definition) is 0. The van der Waals surface area contributed by atoms with Gasteiger partial charge in [0, 0.05) is 0 Å². The van der Waals surface area contributed by atoms with Gasteiger partial charge < -0.3 is 0 Å². The van der Waals surface area contributed by atoms with Crippen LogP contribution in [0.5, 0.6) is 0 Å². The fourth-order valence-electron chi connectivity index (χ4n) is 3.48. The van der Waals surface area contributed by atoms with Crippen molar-refractivity contribution >= 4 is 0 Å². The largest absolute Gasteiger partial charge is 0.0654 e. The fourth-order valence-corrected chi connectivity index (χ4v) is 3.48. The Balaban J connectivity index is 2.47. The maximum absolute atomic E-state index is 2.49. The van der Waals surface area contributed by atoms with Gasteiger partial charge in [0.1, 0.15) is 0 Å². The molecule has 1 saturated carbocycles. The minimum absolute atomic E-state index is 0.928. The SMILES string of the molecule is CCCC(C)C(C)C1CC(C)CC1C. The van der Waals surface area contributed by atoms with Crippen molar-refractivity contribution in [2.45, 2.75) is 60.3 Å². The third kappa shape index (κ3) is 2.74. The molecule has 0 saturated heterocycles. The molecule has 5 unspecified atom stereocenters. The van der Waals surface area contributed by atoms with Gasteiger partial charge in [-0.25, -0.2) is 0 Å². The van der Waals surface area contributed by atoms with Gasteiger partial charge in [-0.05, 0) is 42.4 Å². The predicted molar refractivity (Wildman–Crippen MR) is 64.3 cm³/mol. The molecule has 0 heterocycles. The van der Waals surface area contributed by atoms with Crippen molar-refractivity contribution in [1.82, 2.24) is 0 Å². The molecular weight excluding hydrogens is 168 g/mol. The van der Waals surface area contributed by atoms with E-state index in [1.54, 1.807) is 0 Å². The second-order valence-electron chi connectivity index (χ2n) is 5.84. The van der Waals surface area contributed by atoms with Crippen LogP contribution in [-0.2, 0) is 0 Å². The lowest BCUT2D eigenvalue weighted by Gasteiger charge is -2.28. The van der Waals surface area contributed by atoms with E-state index in [9.17, 15) is 0 Å². The summed E-state index contributed by atoms with van der Waals surface area (Å²) < 4.78 is 0. The molecule has 14 heavy (non-hydrogen) atoms. The molecule has 0 aliphatic heterocycles. The lowest BCUT2D eigenvalue weighted by atomic mass is 9.77. The van der Waals surface area contributed by atoms with Crippen LogP contribution in [0.25, 0.3) is 0 Å². The van der Waals surface area contributed by atoms with E-state index in [0.29, 0.717) is 0 Å². The molecular formula is C14H28. The van der Waals surface area contributed by atoms with E-state index < -0.39 is 0 Å². The van der Waals surface area contributed by atoms with E-state index in [4.69, 9.17) is 0 Å². The summed E-state index contributed by atoms with van der Waals surface area (Å²) in [6.07, 6.45) is 5.71. The monoisotopic (exact) mass is 196 g/mol. The van der Waals surface area contributed by atoms with Crippen molar-refractivity contribution in [2.75, 3.05) is 0 Å². The smallest absolute Gasteiger partial charge is 0.0358 e. The van der Waals surface area contributed by atoms with Crippen LogP contribution >= 0.6 is 0 Å². The zero-order valence-electron chi connectivity index (χ0n) is 10.7. The molecule has 0 amide bonds. The van der Waals surface area contributed by atoms with E-state index >= 15 is 0 Å². The lowest BCUT2D eigenvalue weighted by molar-refractivity contribution is 0.210. The van der Waals surface area contributed by atoms with Crippen LogP contribution in [0, 0.1) is 29.6 Å². The average Bonchev–Trinajstić information content (AvgIpc) is 2.44. The molecule has 1 rings (SSSR count). The molecule has 0 N–H and O–H groups in total. The Morgan fingerprint density at radius 3 is 2.21 bits per heavy atom. The maximum atomic E-state index is 2.49. The van der Waals surface area contributed by atoms with E-state index in [0.717, 1.165) is 29.6 Å². The minimum atomic E-state index is 0.928. The van der Waals surface area contributed by atoms with Crippen molar-refractivity contribution < 1.29 is 0 Å². The lowest BCUT2D eigenvalue weighted by Crippen LogP contribution is -2.21. The molecule has 0 aromatic rings. The molecule has 1 aliphatic carbocycles. The summed E-state index contributed by atoms with van der Waals surface area (Å²) in [5.41, 5.74) is 0. The first-order chi connectivity index (χ1) is 6.56. The topological polar surface area (TPSA) is 0 Å². The van der Waals surface area contributed by atoms with Gasteiger partial charge in [-0.1, -0.05) is 47.5 Å². The van der Waals surface area contributed by atoms with Gasteiger partial charge in [-0.2, -0.15) is 0 Å². The standard InChI is InChI=1S/C14H28/c1-6-7-11(3)13(5)14-9-10(2)8-12(14)4/h10-14H,6-9H2,1-5H3. The Morgan fingerprint density at radius 2 is 1.79 bits per heavy atom. The van der Waals surface area contributed by atoms with Crippen LogP contribution in [0.4, 0.5) is 0 Å². The second-order valence-corrected chi connectivity index (χ2v) is 5.84. The van der Waals surface area contributed by atoms with Crippen LogP contribution in [0.1, 0.15) is 60.3 Å². The van der Waals surface area contributed by atoms with Crippen LogP contribution in [0.2, 0.25) is 0 Å². The Morgan fingerprint density at radius 1 is 1.14 bits per heavy atom. The summed E-state index contributed by atoms with van der Waals surface area (Å²) >= 11 is 0. The first kappa shape index (κ1) is 12.1. The summed E-state index contributed by atoms with van der Waals surface area (Å²) in [4.78, 5) is 0. The molecule has 84 valence electrons. The zero-order chi connectivity index (χ0) is 10.7. The summed E-state index contributed by atoms with van der Waals surface area (Å²) in [7, 11) is 0. The maximum Gasteiger partial charge on any atom is -0.0358 e. The Bertz CT molecular complexity index is 161. The summed E-state index contributed by atoms with van der Waals surface area (Å²) in [6.45, 7) is 12.1. The van der Waals surface area contributed by atoms with Crippen molar-refractivity contribution in [3.05, 3.63) is 0 Å². The van der Waals surface area contributed by atoms with E-state index in [1.807, 2.05) is 0 Å². The molecule has 1 fully saturated rings. The molecule has 0 radical (unpaired) electrons. The highest BCUT2D eigenvalue weighted by atomic mass is 14.4. The van der Waals surface area contributed by atoms with Crippen LogP contribution < -0.4 is 0 Å². The number of hydrogen-bond acceptors (Lipinski definition) is 0. The highest BCUT2D eigenvalue weighted by Gasteiger charge is 2.34. The van der Waals surface area contributed by atoms with Gasteiger partial charge >= 0.3 is 0 Å². The molecule has 1 aliphatic rings. The normalized spacial score (nSPS) is 37.1. The van der Waals surface area contributed by atoms with Gasteiger partial charge in [-0.15, -0.1) is 0 Å². The molecule has 0 nitrogen and oxygen atoms in total. The molecule has 0 aromatic heterocycles. The summed E-state index contributed by atoms with van der Waals surface area (Å²) in [5.74, 6) is 4.82. The Hall–Kier alpha value is 0. The van der Waals surface area contributed by atoms with Gasteiger partial charge in [0.25, 0.3) is 0 Å².